The smallest absolute Gasteiger partial charge is 0.178 e. The minimum absolute atomic E-state index is 0.0227. The van der Waals surface area contributed by atoms with Crippen LogP contribution in [0.3, 0.4) is 0 Å². The maximum absolute atomic E-state index is 11.9. The van der Waals surface area contributed by atoms with E-state index in [1.165, 1.54) is 31.3 Å². The molecule has 2 nitrogen and oxygen atoms in total. The predicted molar refractivity (Wildman–Crippen MR) is 109 cm³/mol. The van der Waals surface area contributed by atoms with Crippen molar-refractivity contribution in [3.8, 4) is 0 Å². The van der Waals surface area contributed by atoms with Crippen LogP contribution >= 0.6 is 0 Å². The van der Waals surface area contributed by atoms with Gasteiger partial charge in [0, 0.05) is 11.8 Å². The van der Waals surface area contributed by atoms with Gasteiger partial charge in [-0.3, -0.25) is 4.79 Å². The second kappa shape index (κ2) is 6.15. The van der Waals surface area contributed by atoms with Gasteiger partial charge in [0.15, 0.2) is 5.78 Å². The lowest BCUT2D eigenvalue weighted by Gasteiger charge is -2.47. The van der Waals surface area contributed by atoms with Gasteiger partial charge in [-0.2, -0.15) is 0 Å². The van der Waals surface area contributed by atoms with E-state index in [1.54, 1.807) is 29.7 Å². The first-order chi connectivity index (χ1) is 12.7. The number of hydrogen-bond donors (Lipinski definition) is 0. The first-order valence-electron chi connectivity index (χ1n) is 10.6. The minimum atomic E-state index is 0.0227. The van der Waals surface area contributed by atoms with Crippen LogP contribution in [0.2, 0.25) is 0 Å². The standard InChI is InChI=1S/C21H24O.C4H8O/c1-12-4-5-16-19-15-11-14(15)18-10-13(22)6-8-21(18,3)17(19)7-9-20(12,16)2;1-3-4(2)5/h5-6,8,10,12,14-15H,4,7,9,11H2,1-3H3;3H2,1-2H3. The van der Waals surface area contributed by atoms with Gasteiger partial charge in [0.05, 0.1) is 0 Å². The van der Waals surface area contributed by atoms with Crippen LogP contribution in [0, 0.1) is 28.6 Å². The number of Topliss-reactive ketones (excluding diaryl/α,β-unsaturated/α-hetero) is 1. The van der Waals surface area contributed by atoms with Crippen LogP contribution in [-0.4, -0.2) is 11.6 Å². The largest absolute Gasteiger partial charge is 0.300 e. The van der Waals surface area contributed by atoms with Gasteiger partial charge in [-0.25, -0.2) is 0 Å². The fourth-order valence-electron chi connectivity index (χ4n) is 5.82. The highest BCUT2D eigenvalue weighted by Crippen LogP contribution is 2.69. The molecule has 5 aliphatic carbocycles. The number of carbonyl (C=O) groups is 2. The van der Waals surface area contributed by atoms with Crippen LogP contribution in [0.5, 0.6) is 0 Å². The first-order valence-corrected chi connectivity index (χ1v) is 10.6. The predicted octanol–water partition coefficient (Wildman–Crippen LogP) is 5.76. The van der Waals surface area contributed by atoms with Crippen molar-refractivity contribution < 1.29 is 9.59 Å². The number of allylic oxidation sites excluding steroid dienone is 8. The monoisotopic (exact) mass is 364 g/mol. The molecule has 0 N–H and O–H groups in total. The molecule has 144 valence electrons. The molecule has 0 aromatic carbocycles. The highest BCUT2D eigenvalue weighted by Gasteiger charge is 2.59. The van der Waals surface area contributed by atoms with Crippen LogP contribution in [0.15, 0.2) is 46.6 Å². The van der Waals surface area contributed by atoms with Crippen LogP contribution in [0.4, 0.5) is 0 Å². The van der Waals surface area contributed by atoms with Gasteiger partial charge in [-0.15, -0.1) is 0 Å². The van der Waals surface area contributed by atoms with Crippen molar-refractivity contribution in [1.82, 2.24) is 0 Å². The van der Waals surface area contributed by atoms with E-state index in [1.807, 2.05) is 13.0 Å². The van der Waals surface area contributed by atoms with Crippen molar-refractivity contribution in [2.75, 3.05) is 0 Å². The summed E-state index contributed by atoms with van der Waals surface area (Å²) in [5.41, 5.74) is 6.87. The Kier molecular flexibility index (Phi) is 4.25. The summed E-state index contributed by atoms with van der Waals surface area (Å²) in [5.74, 6) is 2.57. The molecule has 0 amide bonds. The van der Waals surface area contributed by atoms with Crippen LogP contribution < -0.4 is 0 Å². The molecule has 0 radical (unpaired) electrons. The maximum atomic E-state index is 11.9. The molecule has 0 bridgehead atoms. The van der Waals surface area contributed by atoms with Crippen molar-refractivity contribution in [3.05, 3.63) is 46.6 Å². The van der Waals surface area contributed by atoms with E-state index in [0.717, 1.165) is 5.92 Å². The van der Waals surface area contributed by atoms with Gasteiger partial charge >= 0.3 is 0 Å². The Hall–Kier alpha value is -1.70. The lowest BCUT2D eigenvalue weighted by Crippen LogP contribution is -2.37. The van der Waals surface area contributed by atoms with Crippen molar-refractivity contribution in [3.63, 3.8) is 0 Å². The van der Waals surface area contributed by atoms with Crippen LogP contribution in [-0.2, 0) is 9.59 Å². The summed E-state index contributed by atoms with van der Waals surface area (Å²) in [6.07, 6.45) is 14.2. The van der Waals surface area contributed by atoms with E-state index >= 15 is 0 Å². The van der Waals surface area contributed by atoms with E-state index in [-0.39, 0.29) is 17.0 Å². The van der Waals surface area contributed by atoms with E-state index < -0.39 is 0 Å². The Morgan fingerprint density at radius 2 is 1.96 bits per heavy atom. The third-order valence-corrected chi connectivity index (χ3v) is 8.05. The van der Waals surface area contributed by atoms with E-state index in [9.17, 15) is 9.59 Å². The molecule has 5 unspecified atom stereocenters. The van der Waals surface area contributed by atoms with Crippen LogP contribution in [0.25, 0.3) is 0 Å². The summed E-state index contributed by atoms with van der Waals surface area (Å²) in [4.78, 5) is 21.7. The molecule has 2 heteroatoms. The molecule has 5 rings (SSSR count). The third-order valence-electron chi connectivity index (χ3n) is 8.05. The summed E-state index contributed by atoms with van der Waals surface area (Å²) in [6.45, 7) is 10.7. The summed E-state index contributed by atoms with van der Waals surface area (Å²) >= 11 is 0. The highest BCUT2D eigenvalue weighted by molar-refractivity contribution is 6.01. The van der Waals surface area contributed by atoms with Gasteiger partial charge < -0.3 is 4.79 Å². The maximum Gasteiger partial charge on any atom is 0.178 e. The summed E-state index contributed by atoms with van der Waals surface area (Å²) in [7, 11) is 0. The summed E-state index contributed by atoms with van der Waals surface area (Å²) in [6, 6.07) is 0. The third kappa shape index (κ3) is 2.67. The first kappa shape index (κ1) is 18.7. The van der Waals surface area contributed by atoms with Crippen LogP contribution in [0.1, 0.15) is 66.7 Å². The lowest BCUT2D eigenvalue weighted by molar-refractivity contribution is -0.116. The van der Waals surface area contributed by atoms with Gasteiger partial charge in [0.2, 0.25) is 0 Å². The Morgan fingerprint density at radius 1 is 1.26 bits per heavy atom. The Bertz CT molecular complexity index is 836. The second-order valence-corrected chi connectivity index (χ2v) is 9.61. The van der Waals surface area contributed by atoms with Crippen molar-refractivity contribution in [2.24, 2.45) is 28.6 Å². The zero-order chi connectivity index (χ0) is 19.6. The van der Waals surface area contributed by atoms with E-state index in [0.29, 0.717) is 23.7 Å². The molecule has 0 heterocycles. The van der Waals surface area contributed by atoms with Gasteiger partial charge in [0.25, 0.3) is 0 Å². The quantitative estimate of drug-likeness (QED) is 0.593. The van der Waals surface area contributed by atoms with Crippen molar-refractivity contribution in [2.45, 2.75) is 66.7 Å². The van der Waals surface area contributed by atoms with Gasteiger partial charge in [-0.05, 0) is 91.6 Å². The molecule has 0 spiro atoms. The summed E-state index contributed by atoms with van der Waals surface area (Å²) in [5, 5.41) is 0. The van der Waals surface area contributed by atoms with Gasteiger partial charge in [0.1, 0.15) is 5.78 Å². The normalized spacial score (nSPS) is 40.6. The van der Waals surface area contributed by atoms with Crippen molar-refractivity contribution in [1.29, 1.82) is 0 Å². The number of rotatable bonds is 1. The molecule has 1 saturated carbocycles. The lowest BCUT2D eigenvalue weighted by atomic mass is 9.56. The number of carbonyl (C=O) groups excluding carboxylic acids is 2. The molecule has 0 saturated heterocycles. The molecule has 0 aliphatic heterocycles. The van der Waals surface area contributed by atoms with E-state index in [4.69, 9.17) is 0 Å². The summed E-state index contributed by atoms with van der Waals surface area (Å²) < 4.78 is 0. The second-order valence-electron chi connectivity index (χ2n) is 9.61. The Balaban J connectivity index is 0.000000323. The fraction of sp³-hybridized carbons (Fsp3) is 0.600. The molecular weight excluding hydrogens is 332 g/mol. The number of ketones is 2. The van der Waals surface area contributed by atoms with Gasteiger partial charge in [-0.1, -0.05) is 38.5 Å². The van der Waals surface area contributed by atoms with Crippen molar-refractivity contribution >= 4 is 11.6 Å². The molecule has 0 aromatic rings. The SMILES string of the molecule is CC1CC=C2C3=C(CCC21C)C1(C)C=CC(=O)C=C1C1CC31.CCC(C)=O. The molecule has 5 aliphatic rings. The topological polar surface area (TPSA) is 34.1 Å². The Morgan fingerprint density at radius 3 is 2.63 bits per heavy atom. The highest BCUT2D eigenvalue weighted by atomic mass is 16.1. The average Bonchev–Trinajstić information content (AvgIpc) is 3.36. The van der Waals surface area contributed by atoms with E-state index in [2.05, 4.69) is 32.9 Å². The molecular formula is C25H32O2. The molecule has 1 fully saturated rings. The number of fused-ring (bicyclic) bond motifs is 7. The number of hydrogen-bond acceptors (Lipinski definition) is 2. The minimum Gasteiger partial charge on any atom is -0.300 e. The average molecular weight is 365 g/mol. The zero-order valence-electron chi connectivity index (χ0n) is 17.4. The zero-order valence-corrected chi connectivity index (χ0v) is 17.4. The molecule has 0 aromatic heterocycles. The Labute approximate surface area is 163 Å². The fourth-order valence-corrected chi connectivity index (χ4v) is 5.82. The molecule has 27 heavy (non-hydrogen) atoms. The molecule has 5 atom stereocenters.